The monoisotopic (exact) mass is 463 g/mol. The van der Waals surface area contributed by atoms with Gasteiger partial charge in [0.2, 0.25) is 0 Å². The van der Waals surface area contributed by atoms with Crippen molar-refractivity contribution in [1.29, 1.82) is 0 Å². The molecule has 1 aliphatic rings. The van der Waals surface area contributed by atoms with Crippen molar-refractivity contribution >= 4 is 16.6 Å². The first kappa shape index (κ1) is 21.9. The first-order valence-corrected chi connectivity index (χ1v) is 12.3. The second kappa shape index (κ2) is 9.56. The Bertz CT molecular complexity index is 1470. The molecule has 0 bridgehead atoms. The second-order valence-electron chi connectivity index (χ2n) is 9.25. The number of hydrogen-bond donors (Lipinski definition) is 0. The second-order valence-corrected chi connectivity index (χ2v) is 9.25. The van der Waals surface area contributed by atoms with Gasteiger partial charge < -0.3 is 4.74 Å². The van der Waals surface area contributed by atoms with Gasteiger partial charge in [0, 0.05) is 47.7 Å². The fourth-order valence-electron chi connectivity index (χ4n) is 4.94. The van der Waals surface area contributed by atoms with Crippen LogP contribution in [0.2, 0.25) is 0 Å². The van der Waals surface area contributed by atoms with Crippen molar-refractivity contribution in [2.45, 2.75) is 19.8 Å². The Hall–Kier alpha value is -3.61. The van der Waals surface area contributed by atoms with Gasteiger partial charge in [0.1, 0.15) is 0 Å². The summed E-state index contributed by atoms with van der Waals surface area (Å²) in [5, 5.41) is 5.75. The van der Waals surface area contributed by atoms with Crippen LogP contribution in [0.1, 0.15) is 17.7 Å². The summed E-state index contributed by atoms with van der Waals surface area (Å²) >= 11 is 0. The zero-order valence-corrected chi connectivity index (χ0v) is 20.0. The summed E-state index contributed by atoms with van der Waals surface area (Å²) in [5.41, 5.74) is 8.55. The Morgan fingerprint density at radius 2 is 1.74 bits per heavy atom. The van der Waals surface area contributed by atoms with Gasteiger partial charge in [-0.2, -0.15) is 5.10 Å². The van der Waals surface area contributed by atoms with Gasteiger partial charge in [0.15, 0.2) is 5.65 Å². The molecule has 5 aromatic rings. The Balaban J connectivity index is 1.22. The molecule has 0 aliphatic carbocycles. The molecule has 0 N–H and O–H groups in total. The molecule has 6 rings (SSSR count). The molecule has 0 unspecified atom stereocenters. The third-order valence-corrected chi connectivity index (χ3v) is 6.82. The summed E-state index contributed by atoms with van der Waals surface area (Å²) in [6.45, 7) is 7.01. The van der Waals surface area contributed by atoms with Gasteiger partial charge >= 0.3 is 0 Å². The summed E-state index contributed by atoms with van der Waals surface area (Å²) in [6, 6.07) is 19.2. The number of ether oxygens (including phenoxy) is 1. The fraction of sp³-hybridized carbons (Fsp3) is 0.276. The van der Waals surface area contributed by atoms with Gasteiger partial charge in [-0.1, -0.05) is 42.5 Å². The molecule has 176 valence electrons. The van der Waals surface area contributed by atoms with E-state index in [4.69, 9.17) is 9.72 Å². The Labute approximate surface area is 205 Å². The highest BCUT2D eigenvalue weighted by Crippen LogP contribution is 2.31. The highest BCUT2D eigenvalue weighted by Gasteiger charge is 2.14. The van der Waals surface area contributed by atoms with Gasteiger partial charge in [-0.3, -0.25) is 9.88 Å². The summed E-state index contributed by atoms with van der Waals surface area (Å²) in [4.78, 5) is 12.0. The normalized spacial score (nSPS) is 14.7. The van der Waals surface area contributed by atoms with Crippen molar-refractivity contribution in [2.24, 2.45) is 0 Å². The standard InChI is InChI=1S/C29H29N5O/c1-21-17-26(25-6-2-3-7-28(25)32-21)27-19-31-34-20-24(18-30-29(27)34)23-10-8-22(9-11-23)5-4-12-33-13-15-35-16-14-33/h2-3,6-11,17-20H,4-5,12-16H2,1H3. The van der Waals surface area contributed by atoms with Crippen LogP contribution in [0, 0.1) is 6.92 Å². The summed E-state index contributed by atoms with van der Waals surface area (Å²) in [6.07, 6.45) is 8.19. The van der Waals surface area contributed by atoms with Crippen LogP contribution < -0.4 is 0 Å². The van der Waals surface area contributed by atoms with Crippen LogP contribution in [0.5, 0.6) is 0 Å². The number of fused-ring (bicyclic) bond motifs is 2. The summed E-state index contributed by atoms with van der Waals surface area (Å²) in [5.74, 6) is 0. The molecule has 6 nitrogen and oxygen atoms in total. The Morgan fingerprint density at radius 1 is 0.914 bits per heavy atom. The number of rotatable bonds is 6. The number of nitrogens with zero attached hydrogens (tertiary/aromatic N) is 5. The van der Waals surface area contributed by atoms with Gasteiger partial charge in [-0.15, -0.1) is 0 Å². The smallest absolute Gasteiger partial charge is 0.162 e. The van der Waals surface area contributed by atoms with E-state index >= 15 is 0 Å². The molecule has 0 spiro atoms. The quantitative estimate of drug-likeness (QED) is 0.347. The van der Waals surface area contributed by atoms with Crippen LogP contribution >= 0.6 is 0 Å². The minimum atomic E-state index is 0.851. The van der Waals surface area contributed by atoms with Crippen molar-refractivity contribution in [1.82, 2.24) is 24.5 Å². The van der Waals surface area contributed by atoms with Crippen LogP contribution in [-0.4, -0.2) is 57.3 Å². The number of para-hydroxylation sites is 1. The molecule has 2 aromatic carbocycles. The number of aryl methyl sites for hydroxylation is 2. The maximum absolute atomic E-state index is 5.44. The predicted molar refractivity (Wildman–Crippen MR) is 139 cm³/mol. The zero-order valence-electron chi connectivity index (χ0n) is 20.0. The number of pyridine rings is 1. The molecule has 1 aliphatic heterocycles. The molecule has 4 heterocycles. The number of hydrogen-bond acceptors (Lipinski definition) is 5. The summed E-state index contributed by atoms with van der Waals surface area (Å²) in [7, 11) is 0. The first-order valence-electron chi connectivity index (χ1n) is 12.3. The van der Waals surface area contributed by atoms with E-state index < -0.39 is 0 Å². The number of benzene rings is 2. The van der Waals surface area contributed by atoms with E-state index in [2.05, 4.69) is 63.6 Å². The van der Waals surface area contributed by atoms with E-state index in [9.17, 15) is 0 Å². The number of aromatic nitrogens is 4. The lowest BCUT2D eigenvalue weighted by Crippen LogP contribution is -2.36. The van der Waals surface area contributed by atoms with Crippen molar-refractivity contribution in [2.75, 3.05) is 32.8 Å². The van der Waals surface area contributed by atoms with Gasteiger partial charge in [-0.05, 0) is 55.1 Å². The lowest BCUT2D eigenvalue weighted by molar-refractivity contribution is 0.0375. The van der Waals surface area contributed by atoms with E-state index in [0.29, 0.717) is 0 Å². The lowest BCUT2D eigenvalue weighted by atomic mass is 10.0. The van der Waals surface area contributed by atoms with Gasteiger partial charge in [0.25, 0.3) is 0 Å². The van der Waals surface area contributed by atoms with Crippen molar-refractivity contribution in [3.8, 4) is 22.3 Å². The highest BCUT2D eigenvalue weighted by molar-refractivity contribution is 5.98. The maximum Gasteiger partial charge on any atom is 0.162 e. The molecule has 0 saturated carbocycles. The molecule has 0 amide bonds. The lowest BCUT2D eigenvalue weighted by Gasteiger charge is -2.26. The van der Waals surface area contributed by atoms with Crippen molar-refractivity contribution in [3.63, 3.8) is 0 Å². The van der Waals surface area contributed by atoms with E-state index in [1.807, 2.05) is 36.0 Å². The Morgan fingerprint density at radius 3 is 2.60 bits per heavy atom. The van der Waals surface area contributed by atoms with E-state index in [0.717, 1.165) is 83.8 Å². The molecule has 35 heavy (non-hydrogen) atoms. The average Bonchev–Trinajstić information content (AvgIpc) is 3.32. The minimum Gasteiger partial charge on any atom is -0.379 e. The van der Waals surface area contributed by atoms with E-state index in [1.54, 1.807) is 0 Å². The number of morpholine rings is 1. The zero-order chi connectivity index (χ0) is 23.6. The minimum absolute atomic E-state index is 0.851. The fourth-order valence-corrected chi connectivity index (χ4v) is 4.94. The molecular weight excluding hydrogens is 434 g/mol. The molecule has 6 heteroatoms. The van der Waals surface area contributed by atoms with Crippen molar-refractivity contribution in [3.05, 3.63) is 84.4 Å². The van der Waals surface area contributed by atoms with Crippen LogP contribution in [0.3, 0.4) is 0 Å². The first-order chi connectivity index (χ1) is 17.2. The molecule has 0 radical (unpaired) electrons. The van der Waals surface area contributed by atoms with E-state index in [-0.39, 0.29) is 0 Å². The van der Waals surface area contributed by atoms with Crippen LogP contribution in [-0.2, 0) is 11.2 Å². The highest BCUT2D eigenvalue weighted by atomic mass is 16.5. The van der Waals surface area contributed by atoms with Gasteiger partial charge in [-0.25, -0.2) is 9.50 Å². The average molecular weight is 464 g/mol. The molecule has 0 atom stereocenters. The van der Waals surface area contributed by atoms with Crippen molar-refractivity contribution < 1.29 is 4.74 Å². The largest absolute Gasteiger partial charge is 0.379 e. The molecule has 1 saturated heterocycles. The van der Waals surface area contributed by atoms with Crippen LogP contribution in [0.25, 0.3) is 38.8 Å². The topological polar surface area (TPSA) is 55.5 Å². The van der Waals surface area contributed by atoms with E-state index in [1.165, 1.54) is 12.0 Å². The Kier molecular flexibility index (Phi) is 5.98. The third-order valence-electron chi connectivity index (χ3n) is 6.82. The predicted octanol–water partition coefficient (Wildman–Crippen LogP) is 5.18. The molecule has 3 aromatic heterocycles. The van der Waals surface area contributed by atoms with Crippen LogP contribution in [0.15, 0.2) is 73.2 Å². The maximum atomic E-state index is 5.44. The SMILES string of the molecule is Cc1cc(-c2cnn3cc(-c4ccc(CCCN5CCOCC5)cc4)cnc23)c2ccccc2n1. The van der Waals surface area contributed by atoms with Crippen LogP contribution in [0.4, 0.5) is 0 Å². The molecular formula is C29H29N5O. The van der Waals surface area contributed by atoms with Gasteiger partial charge in [0.05, 0.1) is 24.9 Å². The molecule has 1 fully saturated rings. The third kappa shape index (κ3) is 4.55. The summed E-state index contributed by atoms with van der Waals surface area (Å²) < 4.78 is 7.32.